The number of pyridine rings is 1. The Morgan fingerprint density at radius 1 is 1.04 bits per heavy atom. The molecule has 0 bridgehead atoms. The SMILES string of the molecule is CCN(CC)CCOc1ccccc1NC(=O)Cc1cccc2cccnc12. The van der Waals surface area contributed by atoms with Gasteiger partial charge in [-0.05, 0) is 36.9 Å². The molecule has 0 saturated heterocycles. The highest BCUT2D eigenvalue weighted by atomic mass is 16.5. The number of hydrogen-bond acceptors (Lipinski definition) is 4. The van der Waals surface area contributed by atoms with E-state index in [0.29, 0.717) is 18.0 Å². The predicted molar refractivity (Wildman–Crippen MR) is 114 cm³/mol. The Bertz CT molecular complexity index is 917. The molecule has 5 nitrogen and oxygen atoms in total. The number of para-hydroxylation sites is 3. The molecule has 28 heavy (non-hydrogen) atoms. The van der Waals surface area contributed by atoms with Crippen molar-refractivity contribution in [3.63, 3.8) is 0 Å². The first-order valence-electron chi connectivity index (χ1n) is 9.78. The molecular weight excluding hydrogens is 350 g/mol. The smallest absolute Gasteiger partial charge is 0.228 e. The van der Waals surface area contributed by atoms with Gasteiger partial charge in [0.1, 0.15) is 12.4 Å². The van der Waals surface area contributed by atoms with E-state index < -0.39 is 0 Å². The largest absolute Gasteiger partial charge is 0.490 e. The molecule has 1 aromatic heterocycles. The Hall–Kier alpha value is -2.92. The summed E-state index contributed by atoms with van der Waals surface area (Å²) < 4.78 is 5.92. The number of fused-ring (bicyclic) bond motifs is 1. The molecule has 3 rings (SSSR count). The van der Waals surface area contributed by atoms with Crippen LogP contribution in [0.25, 0.3) is 10.9 Å². The standard InChI is InChI=1S/C23H27N3O2/c1-3-26(4-2)15-16-28-21-13-6-5-12-20(21)25-22(27)17-19-10-7-9-18-11-8-14-24-23(18)19/h5-14H,3-4,15-17H2,1-2H3,(H,25,27). The summed E-state index contributed by atoms with van der Waals surface area (Å²) in [4.78, 5) is 19.4. The Morgan fingerprint density at radius 2 is 1.82 bits per heavy atom. The fourth-order valence-electron chi connectivity index (χ4n) is 3.20. The van der Waals surface area contributed by atoms with Gasteiger partial charge >= 0.3 is 0 Å². The van der Waals surface area contributed by atoms with Gasteiger partial charge in [0.05, 0.1) is 17.6 Å². The number of nitrogens with zero attached hydrogens (tertiary/aromatic N) is 2. The van der Waals surface area contributed by atoms with Crippen molar-refractivity contribution >= 4 is 22.5 Å². The maximum absolute atomic E-state index is 12.6. The molecule has 1 heterocycles. The molecule has 0 saturated carbocycles. The van der Waals surface area contributed by atoms with Crippen molar-refractivity contribution in [1.82, 2.24) is 9.88 Å². The molecule has 0 fully saturated rings. The van der Waals surface area contributed by atoms with E-state index in [1.807, 2.05) is 54.6 Å². The van der Waals surface area contributed by atoms with Crippen LogP contribution in [0.15, 0.2) is 60.8 Å². The van der Waals surface area contributed by atoms with Crippen molar-refractivity contribution in [1.29, 1.82) is 0 Å². The number of anilines is 1. The van der Waals surface area contributed by atoms with Crippen LogP contribution in [-0.2, 0) is 11.2 Å². The summed E-state index contributed by atoms with van der Waals surface area (Å²) in [6.07, 6.45) is 2.02. The van der Waals surface area contributed by atoms with Crippen molar-refractivity contribution in [3.05, 3.63) is 66.4 Å². The number of carbonyl (C=O) groups excluding carboxylic acids is 1. The molecular formula is C23H27N3O2. The second kappa shape index (κ2) is 9.85. The number of nitrogens with one attached hydrogen (secondary N) is 1. The van der Waals surface area contributed by atoms with Gasteiger partial charge in [-0.15, -0.1) is 0 Å². The first-order chi connectivity index (χ1) is 13.7. The van der Waals surface area contributed by atoms with Crippen molar-refractivity contribution in [3.8, 4) is 5.75 Å². The maximum atomic E-state index is 12.6. The zero-order valence-corrected chi connectivity index (χ0v) is 16.5. The highest BCUT2D eigenvalue weighted by Crippen LogP contribution is 2.24. The number of likely N-dealkylation sites (N-methyl/N-ethyl adjacent to an activating group) is 1. The summed E-state index contributed by atoms with van der Waals surface area (Å²) in [7, 11) is 0. The van der Waals surface area contributed by atoms with Crippen molar-refractivity contribution in [2.24, 2.45) is 0 Å². The van der Waals surface area contributed by atoms with Crippen LogP contribution in [0.3, 0.4) is 0 Å². The highest BCUT2D eigenvalue weighted by molar-refractivity contribution is 5.96. The quantitative estimate of drug-likeness (QED) is 0.609. The fraction of sp³-hybridized carbons (Fsp3) is 0.304. The van der Waals surface area contributed by atoms with Crippen LogP contribution in [-0.4, -0.2) is 42.0 Å². The third-order valence-corrected chi connectivity index (χ3v) is 4.79. The minimum absolute atomic E-state index is 0.0852. The van der Waals surface area contributed by atoms with Crippen LogP contribution in [0, 0.1) is 0 Å². The molecule has 0 unspecified atom stereocenters. The highest BCUT2D eigenvalue weighted by Gasteiger charge is 2.11. The Labute approximate surface area is 166 Å². The van der Waals surface area contributed by atoms with Gasteiger partial charge in [0.25, 0.3) is 0 Å². The van der Waals surface area contributed by atoms with Crippen LogP contribution in [0.5, 0.6) is 5.75 Å². The Kier molecular flexibility index (Phi) is 6.98. The average molecular weight is 377 g/mol. The van der Waals surface area contributed by atoms with E-state index >= 15 is 0 Å². The van der Waals surface area contributed by atoms with Gasteiger partial charge < -0.3 is 15.0 Å². The van der Waals surface area contributed by atoms with Gasteiger partial charge in [0.15, 0.2) is 0 Å². The molecule has 0 radical (unpaired) electrons. The number of ether oxygens (including phenoxy) is 1. The first kappa shape index (κ1) is 19.8. The molecule has 2 aromatic carbocycles. The third kappa shape index (κ3) is 5.08. The summed E-state index contributed by atoms with van der Waals surface area (Å²) in [5.74, 6) is 0.608. The van der Waals surface area contributed by atoms with Gasteiger partial charge in [-0.2, -0.15) is 0 Å². The van der Waals surface area contributed by atoms with Gasteiger partial charge in [-0.3, -0.25) is 9.78 Å². The number of carbonyl (C=O) groups is 1. The summed E-state index contributed by atoms with van der Waals surface area (Å²) in [5.41, 5.74) is 2.47. The van der Waals surface area contributed by atoms with Crippen LogP contribution < -0.4 is 10.1 Å². The molecule has 3 aromatic rings. The van der Waals surface area contributed by atoms with Gasteiger partial charge in [-0.25, -0.2) is 0 Å². The lowest BCUT2D eigenvalue weighted by molar-refractivity contribution is -0.115. The third-order valence-electron chi connectivity index (χ3n) is 4.79. The monoisotopic (exact) mass is 377 g/mol. The van der Waals surface area contributed by atoms with Crippen LogP contribution >= 0.6 is 0 Å². The van der Waals surface area contributed by atoms with Crippen molar-refractivity contribution in [2.45, 2.75) is 20.3 Å². The summed E-state index contributed by atoms with van der Waals surface area (Å²) in [5, 5.41) is 4.02. The second-order valence-electron chi connectivity index (χ2n) is 6.59. The van der Waals surface area contributed by atoms with Crippen molar-refractivity contribution < 1.29 is 9.53 Å². The van der Waals surface area contributed by atoms with Crippen LogP contribution in [0.1, 0.15) is 19.4 Å². The number of amides is 1. The molecule has 0 atom stereocenters. The van der Waals surface area contributed by atoms with Crippen LogP contribution in [0.2, 0.25) is 0 Å². The minimum Gasteiger partial charge on any atom is -0.490 e. The van der Waals surface area contributed by atoms with Crippen LogP contribution in [0.4, 0.5) is 5.69 Å². The summed E-state index contributed by atoms with van der Waals surface area (Å²) in [6.45, 7) is 7.72. The average Bonchev–Trinajstić information content (AvgIpc) is 2.72. The number of hydrogen-bond donors (Lipinski definition) is 1. The van der Waals surface area contributed by atoms with Gasteiger partial charge in [-0.1, -0.05) is 50.2 Å². The zero-order chi connectivity index (χ0) is 19.8. The lowest BCUT2D eigenvalue weighted by Gasteiger charge is -2.19. The predicted octanol–water partition coefficient (Wildman–Crippen LogP) is 4.14. The number of aromatic nitrogens is 1. The van der Waals surface area contributed by atoms with Gasteiger partial charge in [0, 0.05) is 18.1 Å². The topological polar surface area (TPSA) is 54.5 Å². The Balaban J connectivity index is 1.65. The number of benzene rings is 2. The van der Waals surface area contributed by atoms with E-state index in [4.69, 9.17) is 4.74 Å². The fourth-order valence-corrected chi connectivity index (χ4v) is 3.20. The second-order valence-corrected chi connectivity index (χ2v) is 6.59. The molecule has 1 amide bonds. The maximum Gasteiger partial charge on any atom is 0.228 e. The van der Waals surface area contributed by atoms with E-state index in [2.05, 4.69) is 29.0 Å². The zero-order valence-electron chi connectivity index (χ0n) is 16.5. The van der Waals surface area contributed by atoms with Crippen molar-refractivity contribution in [2.75, 3.05) is 31.6 Å². The van der Waals surface area contributed by atoms with E-state index in [9.17, 15) is 4.79 Å². The van der Waals surface area contributed by atoms with E-state index in [1.165, 1.54) is 0 Å². The molecule has 146 valence electrons. The molecule has 0 aliphatic rings. The van der Waals surface area contributed by atoms with E-state index in [1.54, 1.807) is 6.20 Å². The molecule has 0 aliphatic heterocycles. The molecule has 0 aliphatic carbocycles. The van der Waals surface area contributed by atoms with E-state index in [-0.39, 0.29) is 12.3 Å². The van der Waals surface area contributed by atoms with E-state index in [0.717, 1.165) is 36.1 Å². The normalized spacial score (nSPS) is 11.0. The number of rotatable bonds is 9. The summed E-state index contributed by atoms with van der Waals surface area (Å²) in [6, 6.07) is 17.4. The lowest BCUT2D eigenvalue weighted by Crippen LogP contribution is -2.28. The Morgan fingerprint density at radius 3 is 2.64 bits per heavy atom. The minimum atomic E-state index is -0.0852. The molecule has 0 spiro atoms. The lowest BCUT2D eigenvalue weighted by atomic mass is 10.1. The van der Waals surface area contributed by atoms with Gasteiger partial charge in [0.2, 0.25) is 5.91 Å². The molecule has 5 heteroatoms. The molecule has 1 N–H and O–H groups in total. The summed E-state index contributed by atoms with van der Waals surface area (Å²) >= 11 is 0. The first-order valence-corrected chi connectivity index (χ1v) is 9.78.